The molecule has 184 valence electrons. The van der Waals surface area contributed by atoms with E-state index in [1.165, 1.54) is 15.9 Å². The van der Waals surface area contributed by atoms with E-state index in [9.17, 15) is 0 Å². The van der Waals surface area contributed by atoms with Gasteiger partial charge in [-0.15, -0.1) is 10.2 Å². The van der Waals surface area contributed by atoms with Crippen molar-refractivity contribution in [2.24, 2.45) is 7.05 Å². The van der Waals surface area contributed by atoms with Crippen LogP contribution >= 0.6 is 0 Å². The molecule has 0 unspecified atom stereocenters. The molecule has 3 aromatic heterocycles. The molecule has 9 nitrogen and oxygen atoms in total. The average molecular weight is 491 g/mol. The number of aromatic amines is 1. The zero-order chi connectivity index (χ0) is 25.2. The summed E-state index contributed by atoms with van der Waals surface area (Å²) in [5, 5.41) is 17.9. The van der Waals surface area contributed by atoms with Crippen molar-refractivity contribution in [2.45, 2.75) is 12.8 Å². The second-order valence-electron chi connectivity index (χ2n) is 8.92. The van der Waals surface area contributed by atoms with Crippen molar-refractivity contribution in [1.29, 1.82) is 0 Å². The minimum Gasteiger partial charge on any atom is -0.497 e. The first kappa shape index (κ1) is 22.7. The van der Waals surface area contributed by atoms with Crippen molar-refractivity contribution in [3.05, 3.63) is 89.7 Å². The highest BCUT2D eigenvalue weighted by Crippen LogP contribution is 2.32. The fourth-order valence-electron chi connectivity index (χ4n) is 4.52. The van der Waals surface area contributed by atoms with Crippen molar-refractivity contribution in [1.82, 2.24) is 35.2 Å². The fraction of sp³-hybridized carbons (Fsp3) is 0.179. The number of nitrogens with one attached hydrogen (secondary N) is 2. The molecule has 0 aliphatic rings. The highest BCUT2D eigenvalue weighted by Gasteiger charge is 2.15. The van der Waals surface area contributed by atoms with Crippen molar-refractivity contribution >= 4 is 27.5 Å². The number of aromatic nitrogens is 7. The van der Waals surface area contributed by atoms with Crippen LogP contribution in [0.5, 0.6) is 5.75 Å². The summed E-state index contributed by atoms with van der Waals surface area (Å²) >= 11 is 0. The zero-order valence-corrected chi connectivity index (χ0v) is 20.6. The van der Waals surface area contributed by atoms with Gasteiger partial charge < -0.3 is 15.0 Å². The molecule has 0 amide bonds. The Bertz CT molecular complexity index is 1670. The lowest BCUT2D eigenvalue weighted by Crippen LogP contribution is -2.05. The molecule has 0 aliphatic heterocycles. The van der Waals surface area contributed by atoms with E-state index in [-0.39, 0.29) is 0 Å². The molecule has 0 saturated carbocycles. The van der Waals surface area contributed by atoms with Gasteiger partial charge in [0.15, 0.2) is 0 Å². The third kappa shape index (κ3) is 4.71. The summed E-state index contributed by atoms with van der Waals surface area (Å²) in [7, 11) is 3.40. The van der Waals surface area contributed by atoms with Gasteiger partial charge in [0.1, 0.15) is 5.75 Å². The molecule has 3 aromatic carbocycles. The Balaban J connectivity index is 1.37. The number of fused-ring (bicyclic) bond motifs is 3. The van der Waals surface area contributed by atoms with Crippen LogP contribution in [-0.2, 0) is 19.9 Å². The van der Waals surface area contributed by atoms with Crippen LogP contribution in [0.1, 0.15) is 16.8 Å². The molecule has 9 heteroatoms. The van der Waals surface area contributed by atoms with Crippen molar-refractivity contribution < 1.29 is 4.74 Å². The van der Waals surface area contributed by atoms with Crippen molar-refractivity contribution in [3.8, 4) is 17.4 Å². The van der Waals surface area contributed by atoms with Gasteiger partial charge in [-0.25, -0.2) is 9.97 Å². The number of methoxy groups -OCH3 is 1. The van der Waals surface area contributed by atoms with E-state index in [4.69, 9.17) is 9.72 Å². The highest BCUT2D eigenvalue weighted by molar-refractivity contribution is 6.10. The molecule has 6 aromatic rings. The van der Waals surface area contributed by atoms with Crippen LogP contribution in [0.4, 0.5) is 5.69 Å². The number of anilines is 1. The summed E-state index contributed by atoms with van der Waals surface area (Å²) in [4.78, 5) is 14.4. The Kier molecular flexibility index (Phi) is 5.94. The fourth-order valence-corrected chi connectivity index (χ4v) is 4.52. The Hall–Kier alpha value is -4.79. The molecule has 0 aliphatic carbocycles. The molecule has 0 fully saturated rings. The lowest BCUT2D eigenvalue weighted by molar-refractivity contribution is 0.414. The lowest BCUT2D eigenvalue weighted by atomic mass is 10.1. The van der Waals surface area contributed by atoms with E-state index in [0.717, 1.165) is 58.3 Å². The van der Waals surface area contributed by atoms with Gasteiger partial charge in [0.05, 0.1) is 25.2 Å². The zero-order valence-electron chi connectivity index (χ0n) is 20.6. The number of benzene rings is 3. The van der Waals surface area contributed by atoms with Gasteiger partial charge >= 0.3 is 0 Å². The molecule has 37 heavy (non-hydrogen) atoms. The number of hydrogen-bond acceptors (Lipinski definition) is 7. The number of hydrogen-bond donors (Lipinski definition) is 2. The van der Waals surface area contributed by atoms with Gasteiger partial charge in [0.2, 0.25) is 11.6 Å². The largest absolute Gasteiger partial charge is 0.497 e. The number of tetrazole rings is 1. The summed E-state index contributed by atoms with van der Waals surface area (Å²) in [6, 6.07) is 22.9. The maximum Gasteiger partial charge on any atom is 0.242 e. The van der Waals surface area contributed by atoms with Crippen LogP contribution in [-0.4, -0.2) is 48.8 Å². The Labute approximate surface area is 213 Å². The second-order valence-corrected chi connectivity index (χ2v) is 8.92. The highest BCUT2D eigenvalue weighted by atomic mass is 16.5. The number of aryl methyl sites for hydroxylation is 1. The molecule has 0 atom stereocenters. The van der Waals surface area contributed by atoms with Crippen LogP contribution in [0.3, 0.4) is 0 Å². The third-order valence-corrected chi connectivity index (χ3v) is 6.37. The topological polar surface area (TPSA) is 106 Å². The van der Waals surface area contributed by atoms with Gasteiger partial charge in [-0.2, -0.15) is 4.80 Å². The first-order chi connectivity index (χ1) is 18.2. The Morgan fingerprint density at radius 1 is 0.946 bits per heavy atom. The lowest BCUT2D eigenvalue weighted by Gasteiger charge is -2.10. The van der Waals surface area contributed by atoms with Crippen LogP contribution in [0.25, 0.3) is 33.5 Å². The van der Waals surface area contributed by atoms with Gasteiger partial charge in [0, 0.05) is 41.3 Å². The monoisotopic (exact) mass is 490 g/mol. The van der Waals surface area contributed by atoms with Gasteiger partial charge in [0.25, 0.3) is 0 Å². The summed E-state index contributed by atoms with van der Waals surface area (Å²) in [5.74, 6) is 1.70. The summed E-state index contributed by atoms with van der Waals surface area (Å²) < 4.78 is 5.27. The predicted molar refractivity (Wildman–Crippen MR) is 144 cm³/mol. The van der Waals surface area contributed by atoms with E-state index in [1.807, 2.05) is 24.4 Å². The predicted octanol–water partition coefficient (Wildman–Crippen LogP) is 4.56. The molecular formula is C28H26N8O. The third-order valence-electron chi connectivity index (χ3n) is 6.37. The van der Waals surface area contributed by atoms with E-state index < -0.39 is 0 Å². The first-order valence-corrected chi connectivity index (χ1v) is 12.1. The Morgan fingerprint density at radius 2 is 1.78 bits per heavy atom. The maximum atomic E-state index is 5.27. The first-order valence-electron chi connectivity index (χ1n) is 12.1. The van der Waals surface area contributed by atoms with Gasteiger partial charge in [-0.05, 0) is 47.0 Å². The minimum atomic E-state index is 0.398. The molecule has 0 spiro atoms. The number of H-pyrrole nitrogens is 1. The van der Waals surface area contributed by atoms with E-state index in [2.05, 4.69) is 79.2 Å². The number of rotatable bonds is 8. The summed E-state index contributed by atoms with van der Waals surface area (Å²) in [5.41, 5.74) is 6.45. The standard InChI is InChI=1S/C28H26N8O/c1-36-34-28(33-35-36)27-30-17-23-25(32-27)16-24(29-13-12-18-8-10-21(37-2)11-9-18)22-15-20(31-26(22)23)14-19-6-4-3-5-7-19/h3-11,15-17,29,31H,12-14H2,1-2H3. The molecule has 0 radical (unpaired) electrons. The molecule has 2 N–H and O–H groups in total. The van der Waals surface area contributed by atoms with Crippen molar-refractivity contribution in [2.75, 3.05) is 19.0 Å². The molecule has 0 bridgehead atoms. The smallest absolute Gasteiger partial charge is 0.242 e. The molecule has 3 heterocycles. The molecular weight excluding hydrogens is 464 g/mol. The van der Waals surface area contributed by atoms with Gasteiger partial charge in [-0.1, -0.05) is 42.5 Å². The van der Waals surface area contributed by atoms with Crippen LogP contribution in [0, 0.1) is 0 Å². The molecule has 0 saturated heterocycles. The second kappa shape index (κ2) is 9.69. The SMILES string of the molecule is COc1ccc(CCNc2cc3nc(-c4nnn(C)n4)ncc3c3[nH]c(Cc4ccccc4)cc23)cc1. The van der Waals surface area contributed by atoms with E-state index in [0.29, 0.717) is 11.6 Å². The quantitative estimate of drug-likeness (QED) is 0.322. The Morgan fingerprint density at radius 3 is 2.54 bits per heavy atom. The average Bonchev–Trinajstić information content (AvgIpc) is 3.56. The summed E-state index contributed by atoms with van der Waals surface area (Å²) in [6.45, 7) is 0.774. The normalized spacial score (nSPS) is 11.3. The van der Waals surface area contributed by atoms with Crippen LogP contribution in [0.15, 0.2) is 72.9 Å². The van der Waals surface area contributed by atoms with Crippen molar-refractivity contribution in [3.63, 3.8) is 0 Å². The van der Waals surface area contributed by atoms with Gasteiger partial charge in [-0.3, -0.25) is 0 Å². The van der Waals surface area contributed by atoms with E-state index >= 15 is 0 Å². The molecule has 6 rings (SSSR count). The van der Waals surface area contributed by atoms with E-state index in [1.54, 1.807) is 14.2 Å². The van der Waals surface area contributed by atoms with Crippen LogP contribution < -0.4 is 10.1 Å². The minimum absolute atomic E-state index is 0.398. The summed E-state index contributed by atoms with van der Waals surface area (Å²) in [6.07, 6.45) is 3.52. The maximum absolute atomic E-state index is 5.27. The number of nitrogens with zero attached hydrogens (tertiary/aromatic N) is 6. The number of ether oxygens (including phenoxy) is 1. The van der Waals surface area contributed by atoms with Crippen LogP contribution in [0.2, 0.25) is 0 Å².